The lowest BCUT2D eigenvalue weighted by atomic mass is 10.1. The van der Waals surface area contributed by atoms with E-state index in [9.17, 15) is 8.78 Å². The number of nitrogens with zero attached hydrogens (tertiary/aromatic N) is 2. The summed E-state index contributed by atoms with van der Waals surface area (Å²) in [7, 11) is 0. The molecule has 3 N–H and O–H groups in total. The molecule has 0 aliphatic carbocycles. The van der Waals surface area contributed by atoms with Crippen LogP contribution >= 0.6 is 11.8 Å². The van der Waals surface area contributed by atoms with Crippen molar-refractivity contribution in [2.45, 2.75) is 12.2 Å². The number of amidine groups is 1. The van der Waals surface area contributed by atoms with Crippen molar-refractivity contribution in [3.05, 3.63) is 29.3 Å². The smallest absolute Gasteiger partial charge is 0.170 e. The molecular formula is C12H15F2N3OS. The van der Waals surface area contributed by atoms with Crippen LogP contribution < -0.4 is 10.6 Å². The summed E-state index contributed by atoms with van der Waals surface area (Å²) in [6, 6.07) is 2.17. The van der Waals surface area contributed by atoms with Crippen LogP contribution in [0.3, 0.4) is 0 Å². The van der Waals surface area contributed by atoms with Gasteiger partial charge < -0.3 is 15.8 Å². The van der Waals surface area contributed by atoms with E-state index >= 15 is 0 Å². The van der Waals surface area contributed by atoms with Crippen LogP contribution in [0.4, 0.5) is 14.5 Å². The summed E-state index contributed by atoms with van der Waals surface area (Å²) in [6.07, 6.45) is 0. The van der Waals surface area contributed by atoms with E-state index in [0.29, 0.717) is 18.3 Å². The van der Waals surface area contributed by atoms with Gasteiger partial charge in [0.05, 0.1) is 0 Å². The third kappa shape index (κ3) is 2.91. The largest absolute Gasteiger partial charge is 0.409 e. The molecular weight excluding hydrogens is 272 g/mol. The number of hydrogen-bond acceptors (Lipinski definition) is 4. The average Bonchev–Trinajstić information content (AvgIpc) is 2.37. The molecule has 0 bridgehead atoms. The van der Waals surface area contributed by atoms with Crippen molar-refractivity contribution in [1.29, 1.82) is 0 Å². The van der Waals surface area contributed by atoms with E-state index < -0.39 is 11.6 Å². The number of hydrogen-bond donors (Lipinski definition) is 2. The highest BCUT2D eigenvalue weighted by atomic mass is 32.2. The van der Waals surface area contributed by atoms with E-state index in [1.165, 1.54) is 0 Å². The summed E-state index contributed by atoms with van der Waals surface area (Å²) >= 11 is 1.78. The van der Waals surface area contributed by atoms with Gasteiger partial charge in [0.15, 0.2) is 5.84 Å². The Hall–Kier alpha value is -1.50. The topological polar surface area (TPSA) is 61.8 Å². The normalized spacial score (nSPS) is 20.7. The minimum Gasteiger partial charge on any atom is -0.409 e. The van der Waals surface area contributed by atoms with Crippen molar-refractivity contribution >= 4 is 23.3 Å². The maximum absolute atomic E-state index is 14.0. The third-order valence-corrected chi connectivity index (χ3v) is 4.11. The summed E-state index contributed by atoms with van der Waals surface area (Å²) in [5.74, 6) is -0.865. The summed E-state index contributed by atoms with van der Waals surface area (Å²) in [5, 5.41) is 11.6. The maximum atomic E-state index is 14.0. The number of rotatable bonds is 2. The van der Waals surface area contributed by atoms with Gasteiger partial charge in [0.25, 0.3) is 0 Å². The summed E-state index contributed by atoms with van der Waals surface area (Å²) in [5.41, 5.74) is 5.32. The van der Waals surface area contributed by atoms with E-state index in [1.807, 2.05) is 6.92 Å². The lowest BCUT2D eigenvalue weighted by Crippen LogP contribution is -2.37. The van der Waals surface area contributed by atoms with Crippen molar-refractivity contribution < 1.29 is 14.0 Å². The standard InChI is InChI=1S/C12H15F2N3OS/c1-7-6-17(2-3-19-7)11-9(13)4-8(5-10(11)14)12(15)16-18/h4-5,7,18H,2-3,6H2,1H3,(H2,15,16). The highest BCUT2D eigenvalue weighted by Gasteiger charge is 2.23. The molecule has 1 fully saturated rings. The average molecular weight is 287 g/mol. The molecule has 7 heteroatoms. The first-order valence-corrected chi connectivity index (χ1v) is 6.91. The maximum Gasteiger partial charge on any atom is 0.170 e. The molecule has 0 saturated carbocycles. The first-order chi connectivity index (χ1) is 9.02. The Morgan fingerprint density at radius 2 is 2.11 bits per heavy atom. The minimum absolute atomic E-state index is 0.0284. The molecule has 0 spiro atoms. The van der Waals surface area contributed by atoms with Gasteiger partial charge in [-0.05, 0) is 12.1 Å². The van der Waals surface area contributed by atoms with E-state index in [4.69, 9.17) is 10.9 Å². The molecule has 19 heavy (non-hydrogen) atoms. The van der Waals surface area contributed by atoms with Gasteiger partial charge >= 0.3 is 0 Å². The second-order valence-corrected chi connectivity index (χ2v) is 5.95. The highest BCUT2D eigenvalue weighted by molar-refractivity contribution is 8.00. The number of oxime groups is 1. The SMILES string of the molecule is CC1CN(c2c(F)cc(C(N)=NO)cc2F)CCS1. The summed E-state index contributed by atoms with van der Waals surface area (Å²) < 4.78 is 28.1. The van der Waals surface area contributed by atoms with Crippen LogP contribution in [0.25, 0.3) is 0 Å². The van der Waals surface area contributed by atoms with Gasteiger partial charge in [-0.25, -0.2) is 8.78 Å². The number of thioether (sulfide) groups is 1. The van der Waals surface area contributed by atoms with Crippen molar-refractivity contribution in [1.82, 2.24) is 0 Å². The lowest BCUT2D eigenvalue weighted by Gasteiger charge is -2.32. The molecule has 0 radical (unpaired) electrons. The number of nitrogens with two attached hydrogens (primary N) is 1. The van der Waals surface area contributed by atoms with Gasteiger partial charge in [-0.1, -0.05) is 12.1 Å². The first kappa shape index (κ1) is 13.9. The van der Waals surface area contributed by atoms with E-state index in [-0.39, 0.29) is 17.1 Å². The van der Waals surface area contributed by atoms with Gasteiger partial charge in [0, 0.05) is 29.7 Å². The zero-order valence-corrected chi connectivity index (χ0v) is 11.3. The molecule has 1 aliphatic rings. The zero-order chi connectivity index (χ0) is 14.0. The van der Waals surface area contributed by atoms with Gasteiger partial charge in [-0.3, -0.25) is 0 Å². The molecule has 1 unspecified atom stereocenters. The molecule has 1 saturated heterocycles. The molecule has 1 atom stereocenters. The minimum atomic E-state index is -0.694. The van der Waals surface area contributed by atoms with Gasteiger partial charge in [-0.15, -0.1) is 0 Å². The van der Waals surface area contributed by atoms with Crippen LogP contribution in [0.15, 0.2) is 17.3 Å². The van der Waals surface area contributed by atoms with Crippen molar-refractivity contribution in [2.75, 3.05) is 23.7 Å². The van der Waals surface area contributed by atoms with E-state index in [2.05, 4.69) is 5.16 Å². The quantitative estimate of drug-likeness (QED) is 0.378. The van der Waals surface area contributed by atoms with E-state index in [1.54, 1.807) is 16.7 Å². The van der Waals surface area contributed by atoms with Crippen LogP contribution in [0.1, 0.15) is 12.5 Å². The van der Waals surface area contributed by atoms with Crippen LogP contribution in [-0.4, -0.2) is 35.1 Å². The number of anilines is 1. The first-order valence-electron chi connectivity index (χ1n) is 5.86. The third-order valence-electron chi connectivity index (χ3n) is 2.98. The molecule has 1 aromatic carbocycles. The molecule has 104 valence electrons. The Morgan fingerprint density at radius 3 is 2.63 bits per heavy atom. The van der Waals surface area contributed by atoms with Crippen molar-refractivity contribution in [3.63, 3.8) is 0 Å². The lowest BCUT2D eigenvalue weighted by molar-refractivity contribution is 0.318. The Bertz CT molecular complexity index is 487. The Balaban J connectivity index is 2.36. The predicted molar refractivity (Wildman–Crippen MR) is 73.0 cm³/mol. The highest BCUT2D eigenvalue weighted by Crippen LogP contribution is 2.29. The van der Waals surface area contributed by atoms with Gasteiger partial charge in [0.2, 0.25) is 0 Å². The molecule has 0 amide bonds. The second-order valence-electron chi connectivity index (χ2n) is 4.40. The van der Waals surface area contributed by atoms with E-state index in [0.717, 1.165) is 17.9 Å². The van der Waals surface area contributed by atoms with Crippen LogP contribution in [-0.2, 0) is 0 Å². The Labute approximate surface area is 114 Å². The molecule has 0 aromatic heterocycles. The zero-order valence-electron chi connectivity index (χ0n) is 10.4. The fourth-order valence-electron chi connectivity index (χ4n) is 2.09. The Morgan fingerprint density at radius 1 is 1.47 bits per heavy atom. The van der Waals surface area contributed by atoms with Crippen LogP contribution in [0, 0.1) is 11.6 Å². The molecule has 4 nitrogen and oxygen atoms in total. The molecule has 2 rings (SSSR count). The fraction of sp³-hybridized carbons (Fsp3) is 0.417. The summed E-state index contributed by atoms with van der Waals surface area (Å²) in [6.45, 7) is 3.23. The van der Waals surface area contributed by atoms with Crippen molar-refractivity contribution in [2.24, 2.45) is 10.9 Å². The molecule has 1 aliphatic heterocycles. The second kappa shape index (κ2) is 5.64. The number of halogens is 2. The fourth-order valence-corrected chi connectivity index (χ4v) is 3.11. The molecule has 1 heterocycles. The monoisotopic (exact) mass is 287 g/mol. The summed E-state index contributed by atoms with van der Waals surface area (Å²) in [4.78, 5) is 1.70. The predicted octanol–water partition coefficient (Wildman–Crippen LogP) is 2.00. The molecule has 1 aromatic rings. The van der Waals surface area contributed by atoms with Crippen LogP contribution in [0.2, 0.25) is 0 Å². The van der Waals surface area contributed by atoms with Gasteiger partial charge in [0.1, 0.15) is 17.3 Å². The number of benzene rings is 1. The van der Waals surface area contributed by atoms with Gasteiger partial charge in [-0.2, -0.15) is 11.8 Å². The van der Waals surface area contributed by atoms with Crippen molar-refractivity contribution in [3.8, 4) is 0 Å². The Kier molecular flexibility index (Phi) is 4.14. The van der Waals surface area contributed by atoms with Crippen LogP contribution in [0.5, 0.6) is 0 Å².